The molecule has 1 saturated heterocycles. The van der Waals surface area contributed by atoms with E-state index >= 15 is 0 Å². The quantitative estimate of drug-likeness (QED) is 0.256. The number of ether oxygens (including phenoxy) is 3. The van der Waals surface area contributed by atoms with Crippen molar-refractivity contribution >= 4 is 17.6 Å². The van der Waals surface area contributed by atoms with E-state index in [1.807, 2.05) is 19.2 Å². The van der Waals surface area contributed by atoms with Crippen LogP contribution in [-0.4, -0.2) is 74.4 Å². The van der Waals surface area contributed by atoms with Gasteiger partial charge in [-0.25, -0.2) is 0 Å². The van der Waals surface area contributed by atoms with Crippen molar-refractivity contribution in [1.29, 1.82) is 0 Å². The lowest BCUT2D eigenvalue weighted by Gasteiger charge is -2.25. The SMILES string of the molecule is CC(C)C[C@H](NC(=O)[C@H](COC(F)F)NC(=O)[C@@H](N)COC(F)F)C(=O)[C@]1(C)CO1. The number of carbonyl (C=O) groups is 3. The topological polar surface area (TPSA) is 132 Å². The molecule has 0 bridgehead atoms. The number of amides is 2. The molecule has 0 aliphatic carbocycles. The molecule has 9 nitrogen and oxygen atoms in total. The van der Waals surface area contributed by atoms with Crippen molar-refractivity contribution in [1.82, 2.24) is 10.6 Å². The number of nitrogens with one attached hydrogen (secondary N) is 2. The summed E-state index contributed by atoms with van der Waals surface area (Å²) in [5, 5.41) is 4.46. The van der Waals surface area contributed by atoms with Gasteiger partial charge in [0.2, 0.25) is 11.8 Å². The van der Waals surface area contributed by atoms with Gasteiger partial charge in [-0.15, -0.1) is 0 Å². The summed E-state index contributed by atoms with van der Waals surface area (Å²) in [6.07, 6.45) is 0.238. The zero-order valence-electron chi connectivity index (χ0n) is 16.8. The summed E-state index contributed by atoms with van der Waals surface area (Å²) >= 11 is 0. The number of hydrogen-bond acceptors (Lipinski definition) is 7. The molecule has 1 aliphatic heterocycles. The van der Waals surface area contributed by atoms with Crippen molar-refractivity contribution in [2.75, 3.05) is 19.8 Å². The average molecular weight is 445 g/mol. The number of carbonyl (C=O) groups excluding carboxylic acids is 3. The fourth-order valence-corrected chi connectivity index (χ4v) is 2.48. The van der Waals surface area contributed by atoms with Gasteiger partial charge in [-0.05, 0) is 19.3 Å². The molecule has 0 aromatic rings. The number of ketones is 1. The van der Waals surface area contributed by atoms with Gasteiger partial charge in [0.25, 0.3) is 0 Å². The van der Waals surface area contributed by atoms with Crippen molar-refractivity contribution < 1.29 is 46.2 Å². The predicted molar refractivity (Wildman–Crippen MR) is 94.6 cm³/mol. The maximum atomic E-state index is 12.6. The number of epoxide rings is 1. The van der Waals surface area contributed by atoms with Crippen LogP contribution in [0.3, 0.4) is 0 Å². The predicted octanol–water partition coefficient (Wildman–Crippen LogP) is 0.166. The number of Topliss-reactive ketones (excluding diaryl/α,β-unsaturated/α-hetero) is 1. The highest BCUT2D eigenvalue weighted by molar-refractivity contribution is 5.98. The van der Waals surface area contributed by atoms with Gasteiger partial charge in [0, 0.05) is 0 Å². The Labute approximate surface area is 170 Å². The van der Waals surface area contributed by atoms with Crippen LogP contribution in [0.15, 0.2) is 0 Å². The molecule has 1 fully saturated rings. The molecule has 2 amide bonds. The third-order valence-corrected chi connectivity index (χ3v) is 4.20. The number of hydrogen-bond donors (Lipinski definition) is 3. The Kier molecular flexibility index (Phi) is 10.1. The summed E-state index contributed by atoms with van der Waals surface area (Å²) in [6.45, 7) is -2.85. The molecule has 1 rings (SSSR count). The first-order chi connectivity index (χ1) is 13.9. The van der Waals surface area contributed by atoms with Crippen LogP contribution >= 0.6 is 0 Å². The highest BCUT2D eigenvalue weighted by atomic mass is 19.3. The van der Waals surface area contributed by atoms with E-state index in [0.29, 0.717) is 0 Å². The minimum atomic E-state index is -3.24. The van der Waals surface area contributed by atoms with Crippen LogP contribution in [-0.2, 0) is 28.6 Å². The van der Waals surface area contributed by atoms with E-state index in [2.05, 4.69) is 14.8 Å². The highest BCUT2D eigenvalue weighted by Crippen LogP contribution is 2.29. The summed E-state index contributed by atoms with van der Waals surface area (Å²) in [5.74, 6) is -2.48. The van der Waals surface area contributed by atoms with Crippen molar-refractivity contribution in [3.8, 4) is 0 Å². The summed E-state index contributed by atoms with van der Waals surface area (Å²) in [4.78, 5) is 37.2. The molecule has 13 heteroatoms. The Morgan fingerprint density at radius 3 is 1.97 bits per heavy atom. The van der Waals surface area contributed by atoms with Crippen LogP contribution < -0.4 is 16.4 Å². The maximum absolute atomic E-state index is 12.6. The second-order valence-corrected chi connectivity index (χ2v) is 7.43. The zero-order valence-corrected chi connectivity index (χ0v) is 16.8. The van der Waals surface area contributed by atoms with Crippen LogP contribution in [0.1, 0.15) is 27.2 Å². The number of halogens is 4. The van der Waals surface area contributed by atoms with Gasteiger partial charge in [0.1, 0.15) is 17.7 Å². The molecule has 0 unspecified atom stereocenters. The van der Waals surface area contributed by atoms with Gasteiger partial charge >= 0.3 is 13.2 Å². The van der Waals surface area contributed by atoms with Gasteiger partial charge in [-0.1, -0.05) is 13.8 Å². The Morgan fingerprint density at radius 1 is 1.00 bits per heavy atom. The van der Waals surface area contributed by atoms with Crippen molar-refractivity contribution in [3.63, 3.8) is 0 Å². The monoisotopic (exact) mass is 445 g/mol. The molecule has 0 aromatic carbocycles. The molecule has 174 valence electrons. The van der Waals surface area contributed by atoms with Crippen LogP contribution in [0.2, 0.25) is 0 Å². The second-order valence-electron chi connectivity index (χ2n) is 7.43. The fourth-order valence-electron chi connectivity index (χ4n) is 2.48. The highest BCUT2D eigenvalue weighted by Gasteiger charge is 2.50. The van der Waals surface area contributed by atoms with Gasteiger partial charge < -0.3 is 30.6 Å². The second kappa shape index (κ2) is 11.5. The Bertz CT molecular complexity index is 604. The van der Waals surface area contributed by atoms with E-state index < -0.39 is 67.8 Å². The number of rotatable bonds is 14. The molecule has 4 N–H and O–H groups in total. The molecule has 0 aromatic heterocycles. The maximum Gasteiger partial charge on any atom is 0.345 e. The van der Waals surface area contributed by atoms with Gasteiger partial charge in [-0.2, -0.15) is 17.6 Å². The third-order valence-electron chi connectivity index (χ3n) is 4.20. The van der Waals surface area contributed by atoms with Crippen LogP contribution in [0.25, 0.3) is 0 Å². The summed E-state index contributed by atoms with van der Waals surface area (Å²) in [5.41, 5.74) is 4.35. The van der Waals surface area contributed by atoms with E-state index in [1.54, 1.807) is 6.92 Å². The smallest absolute Gasteiger partial charge is 0.345 e. The first-order valence-corrected chi connectivity index (χ1v) is 9.19. The molecule has 4 atom stereocenters. The minimum absolute atomic E-state index is 0.00752. The van der Waals surface area contributed by atoms with E-state index in [9.17, 15) is 31.9 Å². The molecule has 1 aliphatic rings. The molecule has 0 saturated carbocycles. The van der Waals surface area contributed by atoms with Gasteiger partial charge in [-0.3, -0.25) is 14.4 Å². The summed E-state index contributed by atoms with van der Waals surface area (Å²) < 4.78 is 62.1. The van der Waals surface area contributed by atoms with Crippen molar-refractivity contribution in [2.45, 2.75) is 64.1 Å². The van der Waals surface area contributed by atoms with E-state index in [4.69, 9.17) is 10.5 Å². The first-order valence-electron chi connectivity index (χ1n) is 9.19. The molecular weight excluding hydrogens is 418 g/mol. The zero-order chi connectivity index (χ0) is 23.1. The molecule has 1 heterocycles. The van der Waals surface area contributed by atoms with Crippen molar-refractivity contribution in [3.05, 3.63) is 0 Å². The van der Waals surface area contributed by atoms with Gasteiger partial charge in [0.15, 0.2) is 5.78 Å². The lowest BCUT2D eigenvalue weighted by molar-refractivity contribution is -0.151. The lowest BCUT2D eigenvalue weighted by Crippen LogP contribution is -2.57. The normalized spacial score (nSPS) is 21.4. The molecule has 0 spiro atoms. The molecule has 30 heavy (non-hydrogen) atoms. The summed E-state index contributed by atoms with van der Waals surface area (Å²) in [6, 6.07) is -4.24. The van der Waals surface area contributed by atoms with E-state index in [1.165, 1.54) is 0 Å². The number of alkyl halides is 4. The minimum Gasteiger partial charge on any atom is -0.361 e. The van der Waals surface area contributed by atoms with Crippen molar-refractivity contribution in [2.24, 2.45) is 11.7 Å². The average Bonchev–Trinajstić information content (AvgIpc) is 3.39. The molecule has 0 radical (unpaired) electrons. The van der Waals surface area contributed by atoms with Crippen LogP contribution in [0.5, 0.6) is 0 Å². The number of nitrogens with two attached hydrogens (primary N) is 1. The van der Waals surface area contributed by atoms with E-state index in [-0.39, 0.29) is 18.9 Å². The Balaban J connectivity index is 2.84. The largest absolute Gasteiger partial charge is 0.361 e. The first kappa shape index (κ1) is 26.2. The standard InChI is InChI=1S/C17H27F4N3O6/c1-8(2)4-10(12(25)17(3)7-30-17)23-14(27)11(6-29-16(20)21)24-13(26)9(22)5-28-15(18)19/h8-11,15-16H,4-7,22H2,1-3H3,(H,23,27)(H,24,26)/t9-,10-,11-,17-/m0/s1. The Morgan fingerprint density at radius 2 is 1.50 bits per heavy atom. The molecular formula is C17H27F4N3O6. The van der Waals surface area contributed by atoms with Crippen LogP contribution in [0, 0.1) is 5.92 Å². The lowest BCUT2D eigenvalue weighted by atomic mass is 9.93. The van der Waals surface area contributed by atoms with Gasteiger partial charge in [0.05, 0.1) is 25.9 Å². The Hall–Kier alpha value is -1.83. The third kappa shape index (κ3) is 8.90. The van der Waals surface area contributed by atoms with E-state index in [0.717, 1.165) is 0 Å². The summed E-state index contributed by atoms with van der Waals surface area (Å²) in [7, 11) is 0. The van der Waals surface area contributed by atoms with Crippen LogP contribution in [0.4, 0.5) is 17.6 Å². The fraction of sp³-hybridized carbons (Fsp3) is 0.824.